The zero-order chi connectivity index (χ0) is 39.3. The summed E-state index contributed by atoms with van der Waals surface area (Å²) in [5, 5.41) is 24.7. The summed E-state index contributed by atoms with van der Waals surface area (Å²) in [5.74, 6) is 0.730. The van der Waals surface area contributed by atoms with E-state index in [1.54, 1.807) is 6.07 Å². The van der Waals surface area contributed by atoms with Crippen LogP contribution in [-0.2, 0) is 32.0 Å². The van der Waals surface area contributed by atoms with Crippen molar-refractivity contribution in [2.75, 3.05) is 6.61 Å². The van der Waals surface area contributed by atoms with Gasteiger partial charge in [0.1, 0.15) is 17.3 Å². The Labute approximate surface area is 336 Å². The maximum Gasteiger partial charge on any atom is 0.340 e. The molecule has 3 aromatic rings. The highest BCUT2D eigenvalue weighted by atomic mass is 16.5. The molecule has 5 aliphatic carbocycles. The molecule has 2 bridgehead atoms. The molecule has 0 unspecified atom stereocenters. The van der Waals surface area contributed by atoms with Crippen LogP contribution in [0.1, 0.15) is 94.7 Å². The predicted molar refractivity (Wildman–Crippen MR) is 221 cm³/mol. The minimum absolute atomic E-state index is 0.0119. The molecule has 1 spiro atoms. The van der Waals surface area contributed by atoms with E-state index < -0.39 is 5.41 Å². The van der Waals surface area contributed by atoms with Crippen molar-refractivity contribution in [2.45, 2.75) is 97.1 Å². The molecule has 6 atom stereocenters. The summed E-state index contributed by atoms with van der Waals surface area (Å²) in [7, 11) is 0. The van der Waals surface area contributed by atoms with Gasteiger partial charge in [0.2, 0.25) is 0 Å². The number of ether oxygens (including phenoxy) is 2. The van der Waals surface area contributed by atoms with Crippen molar-refractivity contribution < 1.29 is 29.3 Å². The molecule has 296 valence electrons. The van der Waals surface area contributed by atoms with Crippen LogP contribution in [0.25, 0.3) is 16.7 Å². The van der Waals surface area contributed by atoms with Gasteiger partial charge in [-0.25, -0.2) is 9.59 Å². The van der Waals surface area contributed by atoms with Crippen LogP contribution in [0.4, 0.5) is 0 Å². The average Bonchev–Trinajstić information content (AvgIpc) is 3.95. The first-order chi connectivity index (χ1) is 27.8. The molecule has 0 amide bonds. The van der Waals surface area contributed by atoms with Crippen molar-refractivity contribution in [3.05, 3.63) is 130 Å². The molecular formula is C50H55NO6. The smallest absolute Gasteiger partial charge is 0.340 e. The molecule has 0 radical (unpaired) electrons. The second kappa shape index (κ2) is 15.6. The summed E-state index contributed by atoms with van der Waals surface area (Å²) in [6, 6.07) is 25.2. The number of fused-ring (bicyclic) bond motifs is 1. The quantitative estimate of drug-likeness (QED) is 0.158. The van der Waals surface area contributed by atoms with Crippen molar-refractivity contribution in [3.63, 3.8) is 0 Å². The van der Waals surface area contributed by atoms with E-state index in [2.05, 4.69) is 66.8 Å². The Balaban J connectivity index is 1.20. The number of aliphatic hydroxyl groups is 1. The summed E-state index contributed by atoms with van der Waals surface area (Å²) in [6.07, 6.45) is 14.6. The number of benzene rings is 3. The molecule has 3 fully saturated rings. The van der Waals surface area contributed by atoms with E-state index in [1.165, 1.54) is 36.8 Å². The fourth-order valence-corrected chi connectivity index (χ4v) is 11.3. The highest BCUT2D eigenvalue weighted by molar-refractivity contribution is 6.07. The molecular weight excluding hydrogens is 711 g/mol. The Morgan fingerprint density at radius 3 is 2.49 bits per heavy atom. The largest absolute Gasteiger partial charge is 0.508 e. The van der Waals surface area contributed by atoms with E-state index in [1.807, 2.05) is 31.2 Å². The Bertz CT molecular complexity index is 2190. The molecule has 0 aromatic heterocycles. The maximum atomic E-state index is 14.8. The van der Waals surface area contributed by atoms with Gasteiger partial charge in [0.05, 0.1) is 11.0 Å². The number of carbonyl (C=O) groups is 2. The summed E-state index contributed by atoms with van der Waals surface area (Å²) in [5.41, 5.74) is 7.76. The standard InChI is InChI=1S/C50H55NO6/c1-3-31(24-32-10-5-4-6-11-32)26-43-50-23-22-38(39-19-20-40-42(21-16-30(2)29-52)56-48(54)45(40)46(39)50)44(47(50)49(55)57-43)41-27-36(53)17-18-37(41)34-13-9-12-33(25-34)28-51-35-14-7-8-15-35/h4-6,9-13,17-18,21,25-27,30-31,35,38-39,46,51-53H,3,7-8,14-16,19-20,22-24,28-29H2,1-2H3/t30-,31-,38+,39+,46+,50+/m0/s1. The summed E-state index contributed by atoms with van der Waals surface area (Å²) >= 11 is 0. The van der Waals surface area contributed by atoms with Crippen LogP contribution in [0.2, 0.25) is 0 Å². The number of aromatic hydroxyl groups is 1. The van der Waals surface area contributed by atoms with Gasteiger partial charge < -0.3 is 25.0 Å². The number of esters is 2. The van der Waals surface area contributed by atoms with Gasteiger partial charge >= 0.3 is 11.9 Å². The number of hydrogen-bond acceptors (Lipinski definition) is 7. The van der Waals surface area contributed by atoms with E-state index in [4.69, 9.17) is 9.47 Å². The zero-order valence-corrected chi connectivity index (χ0v) is 33.3. The summed E-state index contributed by atoms with van der Waals surface area (Å²) in [6.45, 7) is 5.01. The third kappa shape index (κ3) is 6.71. The molecule has 1 saturated heterocycles. The lowest BCUT2D eigenvalue weighted by atomic mass is 9.44. The Hall–Kier alpha value is -4.72. The van der Waals surface area contributed by atoms with Crippen LogP contribution in [0.3, 0.4) is 0 Å². The third-order valence-corrected chi connectivity index (χ3v) is 14.1. The lowest BCUT2D eigenvalue weighted by Crippen LogP contribution is -2.52. The Morgan fingerprint density at radius 1 is 0.895 bits per heavy atom. The first-order valence-corrected chi connectivity index (χ1v) is 21.4. The van der Waals surface area contributed by atoms with E-state index in [-0.39, 0.29) is 53.9 Å². The number of carbonyl (C=O) groups excluding carboxylic acids is 2. The van der Waals surface area contributed by atoms with E-state index in [0.29, 0.717) is 48.0 Å². The zero-order valence-electron chi connectivity index (χ0n) is 33.3. The predicted octanol–water partition coefficient (Wildman–Crippen LogP) is 9.75. The van der Waals surface area contributed by atoms with Gasteiger partial charge in [0, 0.05) is 36.3 Å². The first kappa shape index (κ1) is 37.8. The SMILES string of the molecule is CC[C@H](C=C1OC(=O)C2=C(c3cc(O)ccc3-c3cccc(CNC4CCCC4)c3)[C@@H]3CC[C@]12[C@H]1C2=C(CC[C@H]31)C(=CC[C@H](C)CO)OC2=O)Cc1ccccc1. The summed E-state index contributed by atoms with van der Waals surface area (Å²) < 4.78 is 12.6. The van der Waals surface area contributed by atoms with Gasteiger partial charge in [-0.05, 0) is 145 Å². The van der Waals surface area contributed by atoms with Gasteiger partial charge in [0.15, 0.2) is 0 Å². The molecule has 7 aliphatic rings. The number of hydrogen-bond donors (Lipinski definition) is 3. The second-order valence-electron chi connectivity index (χ2n) is 17.5. The Kier molecular flexibility index (Phi) is 10.3. The molecule has 57 heavy (non-hydrogen) atoms. The van der Waals surface area contributed by atoms with E-state index >= 15 is 0 Å². The number of phenols is 1. The van der Waals surface area contributed by atoms with Crippen molar-refractivity contribution in [3.8, 4) is 16.9 Å². The number of nitrogens with one attached hydrogen (secondary N) is 1. The third-order valence-electron chi connectivity index (χ3n) is 14.1. The lowest BCUT2D eigenvalue weighted by Gasteiger charge is -2.56. The minimum atomic E-state index is -0.848. The number of phenolic OH excluding ortho intramolecular Hbond substituents is 1. The number of cyclic esters (lactones) is 2. The van der Waals surface area contributed by atoms with Crippen LogP contribution < -0.4 is 5.32 Å². The van der Waals surface area contributed by atoms with E-state index in [9.17, 15) is 19.8 Å². The molecule has 2 saturated carbocycles. The van der Waals surface area contributed by atoms with Crippen LogP contribution >= 0.6 is 0 Å². The van der Waals surface area contributed by atoms with Crippen molar-refractivity contribution in [1.29, 1.82) is 0 Å². The van der Waals surface area contributed by atoms with E-state index in [0.717, 1.165) is 60.1 Å². The first-order valence-electron chi connectivity index (χ1n) is 21.4. The lowest BCUT2D eigenvalue weighted by molar-refractivity contribution is -0.135. The molecule has 3 aromatic carbocycles. The molecule has 10 rings (SSSR count). The van der Waals surface area contributed by atoms with Crippen molar-refractivity contribution in [1.82, 2.24) is 5.32 Å². The van der Waals surface area contributed by atoms with Crippen molar-refractivity contribution in [2.24, 2.45) is 35.0 Å². The van der Waals surface area contributed by atoms with Gasteiger partial charge in [-0.2, -0.15) is 0 Å². The molecule has 2 aliphatic heterocycles. The number of aliphatic hydroxyl groups excluding tert-OH is 1. The van der Waals surface area contributed by atoms with Crippen LogP contribution in [0, 0.1) is 35.0 Å². The highest BCUT2D eigenvalue weighted by Gasteiger charge is 2.68. The molecule has 7 nitrogen and oxygen atoms in total. The molecule has 2 heterocycles. The number of rotatable bonds is 12. The van der Waals surface area contributed by atoms with Crippen molar-refractivity contribution >= 4 is 17.5 Å². The highest BCUT2D eigenvalue weighted by Crippen LogP contribution is 2.72. The Morgan fingerprint density at radius 2 is 1.70 bits per heavy atom. The normalized spacial score (nSPS) is 27.8. The van der Waals surface area contributed by atoms with Gasteiger partial charge in [-0.1, -0.05) is 81.3 Å². The van der Waals surface area contributed by atoms with Gasteiger partial charge in [0.25, 0.3) is 0 Å². The van der Waals surface area contributed by atoms with Gasteiger partial charge in [-0.15, -0.1) is 0 Å². The fourth-order valence-electron chi connectivity index (χ4n) is 11.3. The summed E-state index contributed by atoms with van der Waals surface area (Å²) in [4.78, 5) is 29.0. The molecule has 7 heteroatoms. The average molecular weight is 766 g/mol. The minimum Gasteiger partial charge on any atom is -0.508 e. The topological polar surface area (TPSA) is 105 Å². The fraction of sp³-hybridized carbons (Fsp3) is 0.440. The molecule has 3 N–H and O–H groups in total. The monoisotopic (exact) mass is 765 g/mol. The van der Waals surface area contributed by atoms with Crippen LogP contribution in [0.15, 0.2) is 113 Å². The number of allylic oxidation sites excluding steroid dienone is 5. The second-order valence-corrected chi connectivity index (χ2v) is 17.5. The van der Waals surface area contributed by atoms with Crippen LogP contribution in [-0.4, -0.2) is 34.8 Å². The van der Waals surface area contributed by atoms with Gasteiger partial charge in [-0.3, -0.25) is 0 Å². The maximum absolute atomic E-state index is 14.8. The van der Waals surface area contributed by atoms with Crippen LogP contribution in [0.5, 0.6) is 5.75 Å².